The van der Waals surface area contributed by atoms with Crippen LogP contribution in [0.25, 0.3) is 0 Å². The van der Waals surface area contributed by atoms with Crippen LogP contribution in [0.15, 0.2) is 0 Å². The van der Waals surface area contributed by atoms with E-state index in [1.54, 1.807) is 0 Å². The molecule has 0 heterocycles. The standard InChI is InChI=1S/C25H49N/c1-18(2)11-13-20-21(24(6,7)26)15-17-25(8)19(12-14-22(20)25)10-9-16-23(3,4)5/h18-22H,9-17,26H2,1-8H3. The van der Waals surface area contributed by atoms with E-state index in [9.17, 15) is 0 Å². The number of hydrogen-bond donors (Lipinski definition) is 1. The van der Waals surface area contributed by atoms with Gasteiger partial charge in [0.05, 0.1) is 0 Å². The van der Waals surface area contributed by atoms with Crippen molar-refractivity contribution in [2.75, 3.05) is 0 Å². The van der Waals surface area contributed by atoms with Crippen molar-refractivity contribution >= 4 is 0 Å². The molecule has 0 bridgehead atoms. The molecule has 5 atom stereocenters. The smallest absolute Gasteiger partial charge is 0.0128 e. The summed E-state index contributed by atoms with van der Waals surface area (Å²) < 4.78 is 0. The number of nitrogens with two attached hydrogens (primary N) is 1. The maximum atomic E-state index is 6.70. The van der Waals surface area contributed by atoms with Gasteiger partial charge in [-0.1, -0.05) is 54.4 Å². The number of rotatable bonds is 7. The lowest BCUT2D eigenvalue weighted by molar-refractivity contribution is -0.0192. The summed E-state index contributed by atoms with van der Waals surface area (Å²) in [7, 11) is 0. The fraction of sp³-hybridized carbons (Fsp3) is 1.00. The van der Waals surface area contributed by atoms with E-state index in [0.717, 1.165) is 23.7 Å². The Labute approximate surface area is 165 Å². The summed E-state index contributed by atoms with van der Waals surface area (Å²) in [4.78, 5) is 0. The van der Waals surface area contributed by atoms with Crippen molar-refractivity contribution in [2.24, 2.45) is 46.2 Å². The first kappa shape index (κ1) is 22.3. The summed E-state index contributed by atoms with van der Waals surface area (Å²) >= 11 is 0. The maximum absolute atomic E-state index is 6.70. The third kappa shape index (κ3) is 5.27. The Morgan fingerprint density at radius 2 is 1.65 bits per heavy atom. The normalized spacial score (nSPS) is 35.8. The van der Waals surface area contributed by atoms with Crippen molar-refractivity contribution in [1.82, 2.24) is 0 Å². The fourth-order valence-corrected chi connectivity index (χ4v) is 6.60. The van der Waals surface area contributed by atoms with Gasteiger partial charge in [0.25, 0.3) is 0 Å². The van der Waals surface area contributed by atoms with Crippen LogP contribution in [0, 0.1) is 40.4 Å². The van der Waals surface area contributed by atoms with Gasteiger partial charge in [0.1, 0.15) is 0 Å². The summed E-state index contributed by atoms with van der Waals surface area (Å²) in [5.74, 6) is 4.26. The molecule has 0 aromatic heterocycles. The highest BCUT2D eigenvalue weighted by molar-refractivity contribution is 5.05. The van der Waals surface area contributed by atoms with Gasteiger partial charge in [-0.3, -0.25) is 0 Å². The third-order valence-electron chi connectivity index (χ3n) is 8.15. The van der Waals surface area contributed by atoms with E-state index in [2.05, 4.69) is 55.4 Å². The largest absolute Gasteiger partial charge is 0.325 e. The highest BCUT2D eigenvalue weighted by Gasteiger charge is 2.54. The van der Waals surface area contributed by atoms with Gasteiger partial charge in [-0.15, -0.1) is 0 Å². The fourth-order valence-electron chi connectivity index (χ4n) is 6.60. The lowest BCUT2D eigenvalue weighted by Gasteiger charge is -2.52. The molecular formula is C25H49N. The van der Waals surface area contributed by atoms with Gasteiger partial charge in [-0.25, -0.2) is 0 Å². The number of hydrogen-bond acceptors (Lipinski definition) is 1. The van der Waals surface area contributed by atoms with Gasteiger partial charge in [0.2, 0.25) is 0 Å². The number of fused-ring (bicyclic) bond motifs is 1. The van der Waals surface area contributed by atoms with Crippen LogP contribution in [0.4, 0.5) is 0 Å². The van der Waals surface area contributed by atoms with Crippen LogP contribution in [0.5, 0.6) is 0 Å². The second-order valence-electron chi connectivity index (χ2n) is 12.4. The molecule has 0 radical (unpaired) electrons. The quantitative estimate of drug-likeness (QED) is 0.500. The Bertz CT molecular complexity index is 438. The first-order valence-corrected chi connectivity index (χ1v) is 11.6. The Morgan fingerprint density at radius 3 is 2.19 bits per heavy atom. The summed E-state index contributed by atoms with van der Waals surface area (Å²) in [6.45, 7) is 19.2. The van der Waals surface area contributed by atoms with E-state index >= 15 is 0 Å². The zero-order valence-corrected chi connectivity index (χ0v) is 19.3. The van der Waals surface area contributed by atoms with Crippen molar-refractivity contribution in [1.29, 1.82) is 0 Å². The maximum Gasteiger partial charge on any atom is 0.0128 e. The van der Waals surface area contributed by atoms with Crippen molar-refractivity contribution in [3.63, 3.8) is 0 Å². The van der Waals surface area contributed by atoms with Crippen LogP contribution in [-0.4, -0.2) is 5.54 Å². The lowest BCUT2D eigenvalue weighted by atomic mass is 9.53. The first-order valence-electron chi connectivity index (χ1n) is 11.6. The molecule has 0 aromatic carbocycles. The molecular weight excluding hydrogens is 314 g/mol. The molecule has 2 aliphatic carbocycles. The third-order valence-corrected chi connectivity index (χ3v) is 8.15. The zero-order chi connectivity index (χ0) is 19.8. The summed E-state index contributed by atoms with van der Waals surface area (Å²) in [5.41, 5.74) is 7.75. The minimum absolute atomic E-state index is 0.0205. The molecule has 26 heavy (non-hydrogen) atoms. The lowest BCUT2D eigenvalue weighted by Crippen LogP contribution is -2.52. The van der Waals surface area contributed by atoms with Gasteiger partial charge < -0.3 is 5.73 Å². The van der Waals surface area contributed by atoms with E-state index in [1.807, 2.05) is 0 Å². The van der Waals surface area contributed by atoms with Gasteiger partial charge in [-0.05, 0) is 99.2 Å². The van der Waals surface area contributed by atoms with E-state index in [1.165, 1.54) is 57.8 Å². The molecule has 2 N–H and O–H groups in total. The monoisotopic (exact) mass is 363 g/mol. The minimum atomic E-state index is -0.0205. The average molecular weight is 364 g/mol. The predicted octanol–water partition coefficient (Wildman–Crippen LogP) is 7.44. The highest BCUT2D eigenvalue weighted by atomic mass is 14.8. The molecule has 2 fully saturated rings. The molecule has 2 rings (SSSR count). The topological polar surface area (TPSA) is 26.0 Å². The average Bonchev–Trinajstić information content (AvgIpc) is 2.79. The van der Waals surface area contributed by atoms with Gasteiger partial charge >= 0.3 is 0 Å². The Morgan fingerprint density at radius 1 is 1.00 bits per heavy atom. The molecule has 1 nitrogen and oxygen atoms in total. The van der Waals surface area contributed by atoms with Crippen LogP contribution in [0.2, 0.25) is 0 Å². The molecule has 0 spiro atoms. The highest BCUT2D eigenvalue weighted by Crippen LogP contribution is 2.62. The minimum Gasteiger partial charge on any atom is -0.325 e. The second-order valence-corrected chi connectivity index (χ2v) is 12.4. The summed E-state index contributed by atoms with van der Waals surface area (Å²) in [6, 6.07) is 0. The Kier molecular flexibility index (Phi) is 6.97. The van der Waals surface area contributed by atoms with E-state index in [4.69, 9.17) is 5.73 Å². The van der Waals surface area contributed by atoms with Crippen molar-refractivity contribution in [3.05, 3.63) is 0 Å². The Balaban J connectivity index is 2.11. The van der Waals surface area contributed by atoms with Gasteiger partial charge in [0.15, 0.2) is 0 Å². The van der Waals surface area contributed by atoms with Gasteiger partial charge in [0, 0.05) is 5.54 Å². The zero-order valence-electron chi connectivity index (χ0n) is 19.3. The predicted molar refractivity (Wildman–Crippen MR) is 116 cm³/mol. The van der Waals surface area contributed by atoms with Crippen molar-refractivity contribution in [2.45, 2.75) is 119 Å². The van der Waals surface area contributed by atoms with Gasteiger partial charge in [-0.2, -0.15) is 0 Å². The summed E-state index contributed by atoms with van der Waals surface area (Å²) in [6.07, 6.45) is 12.7. The van der Waals surface area contributed by atoms with Crippen LogP contribution in [-0.2, 0) is 0 Å². The second kappa shape index (κ2) is 8.14. The van der Waals surface area contributed by atoms with Crippen molar-refractivity contribution in [3.8, 4) is 0 Å². The molecule has 154 valence electrons. The molecule has 1 heteroatoms. The van der Waals surface area contributed by atoms with Crippen LogP contribution >= 0.6 is 0 Å². The molecule has 0 amide bonds. The molecule has 2 aliphatic rings. The molecule has 5 unspecified atom stereocenters. The van der Waals surface area contributed by atoms with E-state index in [-0.39, 0.29) is 5.54 Å². The van der Waals surface area contributed by atoms with E-state index < -0.39 is 0 Å². The summed E-state index contributed by atoms with van der Waals surface area (Å²) in [5, 5.41) is 0. The SMILES string of the molecule is CC(C)CCC1C(C(C)(C)N)CCC2(C)C(CCCC(C)(C)C)CCC12. The first-order chi connectivity index (χ1) is 11.8. The molecule has 0 aromatic rings. The van der Waals surface area contributed by atoms with Crippen LogP contribution < -0.4 is 5.73 Å². The Hall–Kier alpha value is -0.0400. The van der Waals surface area contributed by atoms with Crippen LogP contribution in [0.1, 0.15) is 113 Å². The molecule has 0 saturated heterocycles. The van der Waals surface area contributed by atoms with Crippen LogP contribution in [0.3, 0.4) is 0 Å². The van der Waals surface area contributed by atoms with E-state index in [0.29, 0.717) is 16.7 Å². The molecule has 0 aliphatic heterocycles. The molecule has 2 saturated carbocycles. The van der Waals surface area contributed by atoms with Crippen molar-refractivity contribution < 1.29 is 0 Å².